The summed E-state index contributed by atoms with van der Waals surface area (Å²) in [6.45, 7) is 7.68. The number of rotatable bonds is 5. The second kappa shape index (κ2) is 7.52. The summed E-state index contributed by atoms with van der Waals surface area (Å²) >= 11 is 1.27. The summed E-state index contributed by atoms with van der Waals surface area (Å²) < 4.78 is 2.99. The van der Waals surface area contributed by atoms with Gasteiger partial charge in [0.1, 0.15) is 11.2 Å². The van der Waals surface area contributed by atoms with Crippen molar-refractivity contribution in [3.63, 3.8) is 0 Å². The van der Waals surface area contributed by atoms with E-state index in [1.165, 1.54) is 15.9 Å². The van der Waals surface area contributed by atoms with Gasteiger partial charge in [0.25, 0.3) is 5.56 Å². The van der Waals surface area contributed by atoms with Crippen LogP contribution in [0.3, 0.4) is 0 Å². The summed E-state index contributed by atoms with van der Waals surface area (Å²) in [4.78, 5) is 38.4. The molecule has 3 rings (SSSR count). The first-order chi connectivity index (χ1) is 12.8. The van der Waals surface area contributed by atoms with Crippen molar-refractivity contribution in [1.82, 2.24) is 14.5 Å². The Labute approximate surface area is 161 Å². The topological polar surface area (TPSA) is 73.1 Å². The minimum Gasteiger partial charge on any atom is -0.352 e. The van der Waals surface area contributed by atoms with E-state index in [0.29, 0.717) is 15.9 Å². The highest BCUT2D eigenvalue weighted by molar-refractivity contribution is 7.17. The second-order valence-corrected chi connectivity index (χ2v) is 7.71. The van der Waals surface area contributed by atoms with Gasteiger partial charge in [-0.15, -0.1) is 11.3 Å². The summed E-state index contributed by atoms with van der Waals surface area (Å²) in [5.74, 6) is -0.246. The molecule has 3 aromatic rings. The number of fused-ring (bicyclic) bond motifs is 1. The number of nitrogens with one attached hydrogen (secondary N) is 1. The van der Waals surface area contributed by atoms with Crippen molar-refractivity contribution >= 4 is 27.5 Å². The smallest absolute Gasteiger partial charge is 0.336 e. The van der Waals surface area contributed by atoms with Crippen LogP contribution in [-0.4, -0.2) is 21.1 Å². The quantitative estimate of drug-likeness (QED) is 0.734. The standard InChI is InChI=1S/C20H23N3O3S/c1-5-14(4)21-17(24)11-22-16-8-9-27-18(16)19(25)23(20(22)26)15-7-6-12(2)13(3)10-15/h6-10,14H,5,11H2,1-4H3,(H,21,24)/t14-/m1/s1. The van der Waals surface area contributed by atoms with E-state index in [1.54, 1.807) is 17.5 Å². The lowest BCUT2D eigenvalue weighted by Crippen LogP contribution is -2.42. The van der Waals surface area contributed by atoms with Gasteiger partial charge in [-0.05, 0) is 61.9 Å². The molecule has 7 heteroatoms. The average molecular weight is 385 g/mol. The number of amides is 1. The Balaban J connectivity index is 2.18. The van der Waals surface area contributed by atoms with E-state index in [2.05, 4.69) is 5.32 Å². The molecule has 0 saturated heterocycles. The zero-order chi connectivity index (χ0) is 19.7. The van der Waals surface area contributed by atoms with Crippen molar-refractivity contribution in [3.05, 3.63) is 61.6 Å². The molecule has 2 aromatic heterocycles. The number of nitrogens with zero attached hydrogens (tertiary/aromatic N) is 2. The number of carbonyl (C=O) groups excluding carboxylic acids is 1. The molecule has 1 aromatic carbocycles. The van der Waals surface area contributed by atoms with Crippen LogP contribution in [0.25, 0.3) is 15.9 Å². The predicted molar refractivity (Wildman–Crippen MR) is 109 cm³/mol. The highest BCUT2D eigenvalue weighted by Crippen LogP contribution is 2.17. The lowest BCUT2D eigenvalue weighted by Gasteiger charge is -2.15. The first-order valence-corrected chi connectivity index (χ1v) is 9.81. The van der Waals surface area contributed by atoms with Gasteiger partial charge in [-0.1, -0.05) is 13.0 Å². The van der Waals surface area contributed by atoms with Gasteiger partial charge in [0, 0.05) is 6.04 Å². The van der Waals surface area contributed by atoms with Crippen LogP contribution < -0.4 is 16.6 Å². The minimum absolute atomic E-state index is 0.0248. The summed E-state index contributed by atoms with van der Waals surface area (Å²) in [5, 5.41) is 4.63. The van der Waals surface area contributed by atoms with Crippen LogP contribution in [0.15, 0.2) is 39.2 Å². The molecule has 0 spiro atoms. The van der Waals surface area contributed by atoms with Gasteiger partial charge >= 0.3 is 5.69 Å². The predicted octanol–water partition coefficient (Wildman–Crippen LogP) is 2.75. The maximum Gasteiger partial charge on any atom is 0.336 e. The molecule has 0 aliphatic heterocycles. The van der Waals surface area contributed by atoms with Crippen LogP contribution in [0, 0.1) is 13.8 Å². The van der Waals surface area contributed by atoms with Crippen molar-refractivity contribution in [2.75, 3.05) is 0 Å². The van der Waals surface area contributed by atoms with Gasteiger partial charge in [-0.25, -0.2) is 9.36 Å². The molecular formula is C20H23N3O3S. The Morgan fingerprint density at radius 3 is 2.59 bits per heavy atom. The Bertz CT molecular complexity index is 1120. The Kier molecular flexibility index (Phi) is 5.32. The SMILES string of the molecule is CC[C@@H](C)NC(=O)Cn1c(=O)n(-c2ccc(C)c(C)c2)c(=O)c2sccc21. The molecule has 27 heavy (non-hydrogen) atoms. The fourth-order valence-corrected chi connectivity index (χ4v) is 3.72. The number of aromatic nitrogens is 2. The highest BCUT2D eigenvalue weighted by Gasteiger charge is 2.18. The van der Waals surface area contributed by atoms with Gasteiger partial charge in [0.05, 0.1) is 11.2 Å². The molecule has 6 nitrogen and oxygen atoms in total. The molecule has 2 heterocycles. The number of thiophene rings is 1. The van der Waals surface area contributed by atoms with Crippen molar-refractivity contribution in [2.24, 2.45) is 0 Å². The second-order valence-electron chi connectivity index (χ2n) is 6.79. The Morgan fingerprint density at radius 1 is 1.19 bits per heavy atom. The summed E-state index contributed by atoms with van der Waals surface area (Å²) in [5.41, 5.74) is 2.22. The van der Waals surface area contributed by atoms with E-state index in [0.717, 1.165) is 22.1 Å². The molecule has 1 N–H and O–H groups in total. The van der Waals surface area contributed by atoms with Crippen molar-refractivity contribution in [3.8, 4) is 5.69 Å². The van der Waals surface area contributed by atoms with Gasteiger partial charge in [0.15, 0.2) is 0 Å². The van der Waals surface area contributed by atoms with Gasteiger partial charge < -0.3 is 5.32 Å². The Morgan fingerprint density at radius 2 is 1.93 bits per heavy atom. The fourth-order valence-electron chi connectivity index (χ4n) is 2.90. The van der Waals surface area contributed by atoms with Crippen LogP contribution in [0.2, 0.25) is 0 Å². The maximum atomic E-state index is 13.1. The summed E-state index contributed by atoms with van der Waals surface area (Å²) in [6.07, 6.45) is 0.802. The monoisotopic (exact) mass is 385 g/mol. The molecule has 0 aliphatic carbocycles. The Hall–Kier alpha value is -2.67. The number of aryl methyl sites for hydroxylation is 2. The van der Waals surface area contributed by atoms with E-state index >= 15 is 0 Å². The average Bonchev–Trinajstić information content (AvgIpc) is 3.11. The first kappa shape index (κ1) is 19.1. The van der Waals surface area contributed by atoms with Crippen LogP contribution in [0.4, 0.5) is 0 Å². The highest BCUT2D eigenvalue weighted by atomic mass is 32.1. The number of benzene rings is 1. The molecular weight excluding hydrogens is 362 g/mol. The largest absolute Gasteiger partial charge is 0.352 e. The molecule has 0 aliphatic rings. The number of hydrogen-bond donors (Lipinski definition) is 1. The third kappa shape index (κ3) is 3.60. The first-order valence-electron chi connectivity index (χ1n) is 8.93. The van der Waals surface area contributed by atoms with Crippen LogP contribution in [0.1, 0.15) is 31.4 Å². The van der Waals surface area contributed by atoms with E-state index < -0.39 is 5.69 Å². The lowest BCUT2D eigenvalue weighted by molar-refractivity contribution is -0.122. The van der Waals surface area contributed by atoms with Crippen molar-refractivity contribution in [2.45, 2.75) is 46.7 Å². The fraction of sp³-hybridized carbons (Fsp3) is 0.350. The van der Waals surface area contributed by atoms with Gasteiger partial charge in [-0.2, -0.15) is 0 Å². The third-order valence-electron chi connectivity index (χ3n) is 4.82. The molecule has 0 unspecified atom stereocenters. The molecule has 0 radical (unpaired) electrons. The van der Waals surface area contributed by atoms with E-state index in [1.807, 2.05) is 39.8 Å². The van der Waals surface area contributed by atoms with Gasteiger partial charge in [0.2, 0.25) is 5.91 Å². The van der Waals surface area contributed by atoms with Crippen molar-refractivity contribution < 1.29 is 4.79 Å². The molecule has 0 saturated carbocycles. The zero-order valence-electron chi connectivity index (χ0n) is 15.9. The maximum absolute atomic E-state index is 13.1. The number of hydrogen-bond acceptors (Lipinski definition) is 4. The molecule has 1 amide bonds. The van der Waals surface area contributed by atoms with Crippen LogP contribution in [0.5, 0.6) is 0 Å². The van der Waals surface area contributed by atoms with Gasteiger partial charge in [-0.3, -0.25) is 14.2 Å². The van der Waals surface area contributed by atoms with E-state index in [9.17, 15) is 14.4 Å². The normalized spacial score (nSPS) is 12.3. The molecule has 0 bridgehead atoms. The lowest BCUT2D eigenvalue weighted by atomic mass is 10.1. The van der Waals surface area contributed by atoms with Crippen molar-refractivity contribution in [1.29, 1.82) is 0 Å². The zero-order valence-corrected chi connectivity index (χ0v) is 16.7. The minimum atomic E-state index is -0.506. The van der Waals surface area contributed by atoms with E-state index in [4.69, 9.17) is 0 Å². The number of carbonyl (C=O) groups is 1. The molecule has 0 fully saturated rings. The summed E-state index contributed by atoms with van der Waals surface area (Å²) in [6, 6.07) is 7.20. The summed E-state index contributed by atoms with van der Waals surface area (Å²) in [7, 11) is 0. The molecule has 1 atom stereocenters. The molecule has 142 valence electrons. The van der Waals surface area contributed by atoms with E-state index in [-0.39, 0.29) is 24.1 Å². The van der Waals surface area contributed by atoms with Crippen LogP contribution >= 0.6 is 11.3 Å². The van der Waals surface area contributed by atoms with Crippen LogP contribution in [-0.2, 0) is 11.3 Å². The third-order valence-corrected chi connectivity index (χ3v) is 5.72.